The van der Waals surface area contributed by atoms with Gasteiger partial charge < -0.3 is 14.8 Å². The molecule has 1 saturated carbocycles. The summed E-state index contributed by atoms with van der Waals surface area (Å²) in [4.78, 5) is 23.5. The highest BCUT2D eigenvalue weighted by Gasteiger charge is 2.27. The largest absolute Gasteiger partial charge is 0.496 e. The molecule has 1 atom stereocenters. The molecule has 2 rings (SSSR count). The molecule has 0 heterocycles. The first-order valence-electron chi connectivity index (χ1n) is 6.72. The number of hydrogen-bond acceptors (Lipinski definition) is 4. The van der Waals surface area contributed by atoms with Crippen LogP contribution in [0.1, 0.15) is 25.3 Å². The third kappa shape index (κ3) is 3.98. The van der Waals surface area contributed by atoms with E-state index in [1.165, 1.54) is 0 Å². The van der Waals surface area contributed by atoms with Crippen LogP contribution in [-0.4, -0.2) is 31.1 Å². The van der Waals surface area contributed by atoms with Crippen LogP contribution in [0.15, 0.2) is 24.3 Å². The van der Waals surface area contributed by atoms with Crippen molar-refractivity contribution in [3.63, 3.8) is 0 Å². The lowest BCUT2D eigenvalue weighted by Crippen LogP contribution is -2.37. The first-order chi connectivity index (χ1) is 9.60. The van der Waals surface area contributed by atoms with E-state index < -0.39 is 12.1 Å². The van der Waals surface area contributed by atoms with Crippen LogP contribution in [0.25, 0.3) is 0 Å². The number of amides is 1. The maximum absolute atomic E-state index is 11.8. The van der Waals surface area contributed by atoms with E-state index >= 15 is 0 Å². The number of carbonyl (C=O) groups is 2. The van der Waals surface area contributed by atoms with E-state index in [0.29, 0.717) is 5.75 Å². The Morgan fingerprint density at radius 2 is 2.05 bits per heavy atom. The maximum atomic E-state index is 11.8. The van der Waals surface area contributed by atoms with Gasteiger partial charge in [0.15, 0.2) is 6.10 Å². The van der Waals surface area contributed by atoms with Gasteiger partial charge in [-0.15, -0.1) is 0 Å². The molecular formula is C15H19NO4. The van der Waals surface area contributed by atoms with Gasteiger partial charge >= 0.3 is 5.97 Å². The molecule has 5 nitrogen and oxygen atoms in total. The minimum Gasteiger partial charge on any atom is -0.496 e. The van der Waals surface area contributed by atoms with Crippen molar-refractivity contribution in [2.24, 2.45) is 0 Å². The number of nitrogens with one attached hydrogen (secondary N) is 1. The van der Waals surface area contributed by atoms with Gasteiger partial charge in [-0.25, -0.2) is 0 Å². The van der Waals surface area contributed by atoms with Crippen molar-refractivity contribution < 1.29 is 19.1 Å². The first-order valence-corrected chi connectivity index (χ1v) is 6.72. The molecule has 1 aromatic rings. The van der Waals surface area contributed by atoms with Gasteiger partial charge in [-0.3, -0.25) is 9.59 Å². The number of methoxy groups -OCH3 is 1. The molecule has 0 aromatic heterocycles. The molecule has 1 amide bonds. The summed E-state index contributed by atoms with van der Waals surface area (Å²) in [6, 6.07) is 7.51. The fourth-order valence-electron chi connectivity index (χ4n) is 1.84. The second-order valence-corrected chi connectivity index (χ2v) is 4.90. The molecule has 20 heavy (non-hydrogen) atoms. The van der Waals surface area contributed by atoms with Crippen molar-refractivity contribution in [2.75, 3.05) is 7.11 Å². The van der Waals surface area contributed by atoms with Crippen molar-refractivity contribution in [1.29, 1.82) is 0 Å². The summed E-state index contributed by atoms with van der Waals surface area (Å²) in [7, 11) is 1.55. The van der Waals surface area contributed by atoms with E-state index in [2.05, 4.69) is 5.32 Å². The van der Waals surface area contributed by atoms with Crippen molar-refractivity contribution in [3.8, 4) is 5.75 Å². The smallest absolute Gasteiger partial charge is 0.311 e. The van der Waals surface area contributed by atoms with Gasteiger partial charge in [0.25, 0.3) is 5.91 Å². The Hall–Kier alpha value is -2.04. The second kappa shape index (κ2) is 6.41. The van der Waals surface area contributed by atoms with Crippen molar-refractivity contribution in [1.82, 2.24) is 5.32 Å². The molecular weight excluding hydrogens is 258 g/mol. The lowest BCUT2D eigenvalue weighted by molar-refractivity contribution is -0.154. The average Bonchev–Trinajstić information content (AvgIpc) is 3.23. The minimum atomic E-state index is -0.766. The van der Waals surface area contributed by atoms with E-state index in [1.54, 1.807) is 26.2 Å². The van der Waals surface area contributed by atoms with E-state index in [1.807, 2.05) is 12.1 Å². The van der Waals surface area contributed by atoms with Crippen LogP contribution in [0.4, 0.5) is 0 Å². The molecule has 0 saturated heterocycles. The zero-order chi connectivity index (χ0) is 14.5. The Kier molecular flexibility index (Phi) is 4.61. The van der Waals surface area contributed by atoms with Crippen LogP contribution in [0.5, 0.6) is 5.75 Å². The summed E-state index contributed by atoms with van der Waals surface area (Å²) in [5.41, 5.74) is 0.745. The van der Waals surface area contributed by atoms with Crippen LogP contribution < -0.4 is 10.1 Å². The fraction of sp³-hybridized carbons (Fsp3) is 0.467. The molecule has 1 N–H and O–H groups in total. The van der Waals surface area contributed by atoms with Crippen LogP contribution in [0, 0.1) is 0 Å². The predicted molar refractivity (Wildman–Crippen MR) is 73.4 cm³/mol. The van der Waals surface area contributed by atoms with Crippen LogP contribution >= 0.6 is 0 Å². The molecule has 0 aliphatic heterocycles. The first kappa shape index (κ1) is 14.4. The molecule has 1 aliphatic rings. The zero-order valence-electron chi connectivity index (χ0n) is 11.7. The summed E-state index contributed by atoms with van der Waals surface area (Å²) >= 11 is 0. The Morgan fingerprint density at radius 1 is 1.35 bits per heavy atom. The lowest BCUT2D eigenvalue weighted by atomic mass is 10.1. The zero-order valence-corrected chi connectivity index (χ0v) is 11.7. The molecule has 1 aliphatic carbocycles. The van der Waals surface area contributed by atoms with Gasteiger partial charge in [-0.1, -0.05) is 18.2 Å². The van der Waals surface area contributed by atoms with Crippen molar-refractivity contribution in [3.05, 3.63) is 29.8 Å². The quantitative estimate of drug-likeness (QED) is 0.799. The Labute approximate surface area is 118 Å². The number of hydrogen-bond donors (Lipinski definition) is 1. The lowest BCUT2D eigenvalue weighted by Gasteiger charge is -2.14. The SMILES string of the molecule is COc1ccccc1CC(=O)OC(C)C(=O)NC1CC1. The topological polar surface area (TPSA) is 64.6 Å². The highest BCUT2D eigenvalue weighted by molar-refractivity contribution is 5.84. The van der Waals surface area contributed by atoms with E-state index in [4.69, 9.17) is 9.47 Å². The van der Waals surface area contributed by atoms with Crippen LogP contribution in [-0.2, 0) is 20.7 Å². The van der Waals surface area contributed by atoms with E-state index in [0.717, 1.165) is 18.4 Å². The third-order valence-electron chi connectivity index (χ3n) is 3.13. The van der Waals surface area contributed by atoms with Crippen molar-refractivity contribution >= 4 is 11.9 Å². The van der Waals surface area contributed by atoms with Gasteiger partial charge in [-0.05, 0) is 25.8 Å². The summed E-state index contributed by atoms with van der Waals surface area (Å²) < 4.78 is 10.3. The maximum Gasteiger partial charge on any atom is 0.311 e. The summed E-state index contributed by atoms with van der Waals surface area (Å²) in [5.74, 6) is -0.0339. The monoisotopic (exact) mass is 277 g/mol. The summed E-state index contributed by atoms with van der Waals surface area (Å²) in [5, 5.41) is 2.80. The Morgan fingerprint density at radius 3 is 2.70 bits per heavy atom. The Balaban J connectivity index is 1.86. The van der Waals surface area contributed by atoms with Crippen LogP contribution in [0.2, 0.25) is 0 Å². The number of esters is 1. The molecule has 1 unspecified atom stereocenters. The fourth-order valence-corrected chi connectivity index (χ4v) is 1.84. The van der Waals surface area contributed by atoms with E-state index in [-0.39, 0.29) is 18.4 Å². The highest BCUT2D eigenvalue weighted by atomic mass is 16.5. The number of carbonyl (C=O) groups excluding carboxylic acids is 2. The van der Waals surface area contributed by atoms with Gasteiger partial charge in [0.05, 0.1) is 13.5 Å². The number of para-hydroxylation sites is 1. The van der Waals surface area contributed by atoms with E-state index in [9.17, 15) is 9.59 Å². The molecule has 0 spiro atoms. The van der Waals surface area contributed by atoms with Gasteiger partial charge in [0.2, 0.25) is 0 Å². The molecule has 1 fully saturated rings. The van der Waals surface area contributed by atoms with Gasteiger partial charge in [0.1, 0.15) is 5.75 Å². The normalized spacial score (nSPS) is 15.3. The number of benzene rings is 1. The molecule has 0 radical (unpaired) electrons. The average molecular weight is 277 g/mol. The number of rotatable bonds is 6. The molecule has 5 heteroatoms. The van der Waals surface area contributed by atoms with Crippen molar-refractivity contribution in [2.45, 2.75) is 38.3 Å². The predicted octanol–water partition coefficient (Wildman–Crippen LogP) is 1.45. The second-order valence-electron chi connectivity index (χ2n) is 4.90. The standard InChI is InChI=1S/C15H19NO4/c1-10(15(18)16-12-7-8-12)20-14(17)9-11-5-3-4-6-13(11)19-2/h3-6,10,12H,7-9H2,1-2H3,(H,16,18). The third-order valence-corrected chi connectivity index (χ3v) is 3.13. The molecule has 108 valence electrons. The molecule has 0 bridgehead atoms. The highest BCUT2D eigenvalue weighted by Crippen LogP contribution is 2.20. The summed E-state index contributed by atoms with van der Waals surface area (Å²) in [6.07, 6.45) is 1.34. The summed E-state index contributed by atoms with van der Waals surface area (Å²) in [6.45, 7) is 1.58. The van der Waals surface area contributed by atoms with Gasteiger partial charge in [-0.2, -0.15) is 0 Å². The van der Waals surface area contributed by atoms with Crippen LogP contribution in [0.3, 0.4) is 0 Å². The minimum absolute atomic E-state index is 0.0884. The van der Waals surface area contributed by atoms with Gasteiger partial charge in [0, 0.05) is 11.6 Å². The molecule has 1 aromatic carbocycles. The number of ether oxygens (including phenoxy) is 2. The Bertz CT molecular complexity index is 496.